The molecule has 3 rings (SSSR count). The van der Waals surface area contributed by atoms with Crippen LogP contribution in [0.4, 0.5) is 0 Å². The summed E-state index contributed by atoms with van der Waals surface area (Å²) in [6, 6.07) is 6.00. The Balaban J connectivity index is 1.75. The Morgan fingerprint density at radius 2 is 2.15 bits per heavy atom. The number of hydrogen-bond acceptors (Lipinski definition) is 3. The number of carbonyl (C=O) groups is 1. The molecule has 1 aliphatic heterocycles. The molecule has 1 aliphatic carbocycles. The maximum Gasteiger partial charge on any atom is 0.163 e. The Morgan fingerprint density at radius 3 is 3.05 bits per heavy atom. The molecule has 0 aromatic heterocycles. The third kappa shape index (κ3) is 2.88. The van der Waals surface area contributed by atoms with Crippen LogP contribution in [0.15, 0.2) is 18.2 Å². The zero-order valence-electron chi connectivity index (χ0n) is 12.2. The monoisotopic (exact) mass is 273 g/mol. The summed E-state index contributed by atoms with van der Waals surface area (Å²) in [5, 5.41) is 3.44. The Kier molecular flexibility index (Phi) is 4.06. The van der Waals surface area contributed by atoms with E-state index in [1.807, 2.05) is 12.1 Å². The highest BCUT2D eigenvalue weighted by molar-refractivity contribution is 5.98. The molecule has 1 aromatic carbocycles. The van der Waals surface area contributed by atoms with E-state index in [0.717, 1.165) is 49.2 Å². The van der Waals surface area contributed by atoms with Gasteiger partial charge in [-0.15, -0.1) is 0 Å². The van der Waals surface area contributed by atoms with Crippen LogP contribution in [0.5, 0.6) is 5.75 Å². The average molecular weight is 273 g/mol. The SMILES string of the molecule is CC1CNCCCC1Oc1ccc2c(c1)CCCC2=O. The van der Waals surface area contributed by atoms with Gasteiger partial charge in [0.05, 0.1) is 0 Å². The Hall–Kier alpha value is -1.35. The molecule has 3 heteroatoms. The van der Waals surface area contributed by atoms with Crippen LogP contribution in [-0.2, 0) is 6.42 Å². The summed E-state index contributed by atoms with van der Waals surface area (Å²) >= 11 is 0. The van der Waals surface area contributed by atoms with Gasteiger partial charge in [-0.05, 0) is 56.0 Å². The summed E-state index contributed by atoms with van der Waals surface area (Å²) in [5.41, 5.74) is 2.07. The number of ether oxygens (including phenoxy) is 1. The number of aryl methyl sites for hydroxylation is 1. The molecule has 1 aromatic rings. The van der Waals surface area contributed by atoms with E-state index in [1.54, 1.807) is 0 Å². The lowest BCUT2D eigenvalue weighted by atomic mass is 9.90. The van der Waals surface area contributed by atoms with Crippen molar-refractivity contribution in [3.63, 3.8) is 0 Å². The van der Waals surface area contributed by atoms with E-state index in [9.17, 15) is 4.79 Å². The second-order valence-electron chi connectivity index (χ2n) is 6.08. The van der Waals surface area contributed by atoms with E-state index in [0.29, 0.717) is 12.3 Å². The molecule has 1 saturated heterocycles. The molecule has 1 N–H and O–H groups in total. The van der Waals surface area contributed by atoms with Crippen LogP contribution in [0.1, 0.15) is 48.5 Å². The van der Waals surface area contributed by atoms with Gasteiger partial charge in [0.2, 0.25) is 0 Å². The quantitative estimate of drug-likeness (QED) is 0.900. The van der Waals surface area contributed by atoms with Crippen LogP contribution in [-0.4, -0.2) is 25.0 Å². The van der Waals surface area contributed by atoms with E-state index >= 15 is 0 Å². The zero-order valence-corrected chi connectivity index (χ0v) is 12.2. The number of ketones is 1. The largest absolute Gasteiger partial charge is 0.490 e. The number of rotatable bonds is 2. The minimum atomic E-state index is 0.280. The summed E-state index contributed by atoms with van der Waals surface area (Å²) in [4.78, 5) is 11.8. The van der Waals surface area contributed by atoms with Gasteiger partial charge in [0.15, 0.2) is 5.78 Å². The van der Waals surface area contributed by atoms with E-state index in [-0.39, 0.29) is 11.9 Å². The fraction of sp³-hybridized carbons (Fsp3) is 0.588. The van der Waals surface area contributed by atoms with Crippen molar-refractivity contribution in [2.45, 2.75) is 45.1 Å². The first-order valence-corrected chi connectivity index (χ1v) is 7.77. The van der Waals surface area contributed by atoms with Gasteiger partial charge in [-0.25, -0.2) is 0 Å². The minimum absolute atomic E-state index is 0.280. The van der Waals surface area contributed by atoms with E-state index in [4.69, 9.17) is 4.74 Å². The normalized spacial score (nSPS) is 26.8. The predicted molar refractivity (Wildman–Crippen MR) is 79.4 cm³/mol. The van der Waals surface area contributed by atoms with Gasteiger partial charge in [0.25, 0.3) is 0 Å². The molecule has 0 saturated carbocycles. The Morgan fingerprint density at radius 1 is 1.25 bits per heavy atom. The van der Waals surface area contributed by atoms with Crippen molar-refractivity contribution in [1.82, 2.24) is 5.32 Å². The number of nitrogens with one attached hydrogen (secondary N) is 1. The van der Waals surface area contributed by atoms with Crippen molar-refractivity contribution >= 4 is 5.78 Å². The first-order valence-electron chi connectivity index (χ1n) is 7.77. The van der Waals surface area contributed by atoms with E-state index in [2.05, 4.69) is 18.3 Å². The number of Topliss-reactive ketones (excluding diaryl/α,β-unsaturated/α-hetero) is 1. The molecule has 2 unspecified atom stereocenters. The third-order valence-corrected chi connectivity index (χ3v) is 4.46. The molecule has 1 heterocycles. The topological polar surface area (TPSA) is 38.3 Å². The Labute approximate surface area is 120 Å². The molecular formula is C17H23NO2. The lowest BCUT2D eigenvalue weighted by molar-refractivity contribution is 0.0972. The van der Waals surface area contributed by atoms with Crippen molar-refractivity contribution in [3.05, 3.63) is 29.3 Å². The molecule has 0 spiro atoms. The van der Waals surface area contributed by atoms with E-state index < -0.39 is 0 Å². The second-order valence-corrected chi connectivity index (χ2v) is 6.08. The highest BCUT2D eigenvalue weighted by atomic mass is 16.5. The number of carbonyl (C=O) groups excluding carboxylic acids is 1. The smallest absolute Gasteiger partial charge is 0.163 e. The lowest BCUT2D eigenvalue weighted by Crippen LogP contribution is -2.29. The summed E-state index contributed by atoms with van der Waals surface area (Å²) < 4.78 is 6.20. The standard InChI is InChI=1S/C17H23NO2/c1-12-11-18-9-3-6-17(12)20-14-7-8-15-13(10-14)4-2-5-16(15)19/h7-8,10,12,17-18H,2-6,9,11H2,1H3. The maximum absolute atomic E-state index is 11.8. The van der Waals surface area contributed by atoms with Crippen molar-refractivity contribution in [2.75, 3.05) is 13.1 Å². The van der Waals surface area contributed by atoms with Gasteiger partial charge < -0.3 is 10.1 Å². The summed E-state index contributed by atoms with van der Waals surface area (Å²) in [6.07, 6.45) is 5.21. The van der Waals surface area contributed by atoms with E-state index in [1.165, 1.54) is 6.42 Å². The van der Waals surface area contributed by atoms with Crippen LogP contribution >= 0.6 is 0 Å². The van der Waals surface area contributed by atoms with Crippen LogP contribution in [0.3, 0.4) is 0 Å². The molecule has 2 atom stereocenters. The molecule has 108 valence electrons. The molecule has 0 bridgehead atoms. The van der Waals surface area contributed by atoms with Crippen molar-refractivity contribution in [2.24, 2.45) is 5.92 Å². The number of fused-ring (bicyclic) bond motifs is 1. The predicted octanol–water partition coefficient (Wildman–Crippen LogP) is 2.97. The van der Waals surface area contributed by atoms with Crippen LogP contribution < -0.4 is 10.1 Å². The highest BCUT2D eigenvalue weighted by Crippen LogP contribution is 2.27. The molecule has 0 radical (unpaired) electrons. The van der Waals surface area contributed by atoms with Gasteiger partial charge in [0, 0.05) is 24.4 Å². The molecule has 20 heavy (non-hydrogen) atoms. The second kappa shape index (κ2) is 5.96. The fourth-order valence-electron chi connectivity index (χ4n) is 3.22. The Bertz CT molecular complexity index is 498. The summed E-state index contributed by atoms with van der Waals surface area (Å²) in [6.45, 7) is 4.35. The molecule has 2 aliphatic rings. The van der Waals surface area contributed by atoms with Gasteiger partial charge in [-0.1, -0.05) is 6.92 Å². The van der Waals surface area contributed by atoms with Crippen molar-refractivity contribution in [3.8, 4) is 5.75 Å². The molecule has 3 nitrogen and oxygen atoms in total. The van der Waals surface area contributed by atoms with Crippen LogP contribution in [0.2, 0.25) is 0 Å². The molecular weight excluding hydrogens is 250 g/mol. The summed E-state index contributed by atoms with van der Waals surface area (Å²) in [7, 11) is 0. The van der Waals surface area contributed by atoms with Gasteiger partial charge in [0.1, 0.15) is 11.9 Å². The average Bonchev–Trinajstić information content (AvgIpc) is 2.64. The van der Waals surface area contributed by atoms with Crippen LogP contribution in [0.25, 0.3) is 0 Å². The first kappa shape index (κ1) is 13.6. The van der Waals surface area contributed by atoms with Gasteiger partial charge in [-0.3, -0.25) is 4.79 Å². The minimum Gasteiger partial charge on any atom is -0.490 e. The number of hydrogen-bond donors (Lipinski definition) is 1. The van der Waals surface area contributed by atoms with Crippen molar-refractivity contribution in [1.29, 1.82) is 0 Å². The number of benzene rings is 1. The van der Waals surface area contributed by atoms with Crippen LogP contribution in [0, 0.1) is 5.92 Å². The maximum atomic E-state index is 11.8. The third-order valence-electron chi connectivity index (χ3n) is 4.46. The molecule has 1 fully saturated rings. The lowest BCUT2D eigenvalue weighted by Gasteiger charge is -2.24. The van der Waals surface area contributed by atoms with Crippen molar-refractivity contribution < 1.29 is 9.53 Å². The van der Waals surface area contributed by atoms with Gasteiger partial charge in [-0.2, -0.15) is 0 Å². The fourth-order valence-corrected chi connectivity index (χ4v) is 3.22. The first-order chi connectivity index (χ1) is 9.74. The summed E-state index contributed by atoms with van der Waals surface area (Å²) in [5.74, 6) is 1.73. The molecule has 0 amide bonds. The highest BCUT2D eigenvalue weighted by Gasteiger charge is 2.22. The zero-order chi connectivity index (χ0) is 13.9. The van der Waals surface area contributed by atoms with Gasteiger partial charge >= 0.3 is 0 Å².